The molecule has 1 rings (SSSR count). The summed E-state index contributed by atoms with van der Waals surface area (Å²) in [5.74, 6) is -7.65. The molecule has 1 aromatic carbocycles. The second-order valence-corrected chi connectivity index (χ2v) is 4.15. The maximum absolute atomic E-state index is 12.7. The fourth-order valence-electron chi connectivity index (χ4n) is 1.36. The first kappa shape index (κ1) is 16.1. The van der Waals surface area contributed by atoms with E-state index in [1.54, 1.807) is 30.3 Å². The van der Waals surface area contributed by atoms with Gasteiger partial charge in [-0.2, -0.15) is 22.0 Å². The van der Waals surface area contributed by atoms with E-state index in [0.717, 1.165) is 11.8 Å². The number of carbonyl (C=O) groups is 1. The Morgan fingerprint density at radius 2 is 1.70 bits per heavy atom. The quantitative estimate of drug-likeness (QED) is 0.612. The lowest BCUT2D eigenvalue weighted by Gasteiger charge is -2.17. The van der Waals surface area contributed by atoms with Gasteiger partial charge in [-0.15, -0.1) is 0 Å². The van der Waals surface area contributed by atoms with Crippen LogP contribution in [0, 0.1) is 0 Å². The largest absolute Gasteiger partial charge is 0.461 e. The molecular weight excluding hydrogens is 281 g/mol. The summed E-state index contributed by atoms with van der Waals surface area (Å²) in [6, 6.07) is 8.82. The molecule has 0 heterocycles. The highest BCUT2D eigenvalue weighted by atomic mass is 19.4. The summed E-state index contributed by atoms with van der Waals surface area (Å²) < 4.78 is 61.1. The van der Waals surface area contributed by atoms with Crippen LogP contribution < -0.4 is 0 Å². The Labute approximate surface area is 112 Å². The van der Waals surface area contributed by atoms with Crippen molar-refractivity contribution in [2.75, 3.05) is 7.05 Å². The van der Waals surface area contributed by atoms with Crippen LogP contribution in [0.25, 0.3) is 0 Å². The van der Waals surface area contributed by atoms with Crippen LogP contribution in [0.1, 0.15) is 5.56 Å². The number of hydrogen-bond donors (Lipinski definition) is 0. The number of allylic oxidation sites excluding steroid dienone is 1. The van der Waals surface area contributed by atoms with Gasteiger partial charge in [-0.3, -0.25) is 4.79 Å². The Morgan fingerprint density at radius 1 is 1.15 bits per heavy atom. The molecule has 0 aliphatic heterocycles. The minimum absolute atomic E-state index is 0.233. The molecule has 0 saturated carbocycles. The van der Waals surface area contributed by atoms with Gasteiger partial charge in [0, 0.05) is 25.9 Å². The van der Waals surface area contributed by atoms with E-state index in [0.29, 0.717) is 0 Å². The number of carbonyl (C=O) groups excluding carboxylic acids is 1. The molecule has 0 radical (unpaired) electrons. The first-order valence-electron chi connectivity index (χ1n) is 5.56. The van der Waals surface area contributed by atoms with Crippen molar-refractivity contribution in [3.8, 4) is 0 Å². The second kappa shape index (κ2) is 6.02. The normalized spacial score (nSPS) is 12.7. The zero-order valence-electron chi connectivity index (χ0n) is 10.5. The number of nitrogens with zero attached hydrogens (tertiary/aromatic N) is 1. The van der Waals surface area contributed by atoms with Gasteiger partial charge in [-0.1, -0.05) is 30.3 Å². The molecule has 7 heteroatoms. The standard InChI is InChI=1S/C13H12F5NO/c1-19(9-10-5-3-2-4-6-10)8-7-11(20)12(14,15)13(16,17)18/h2-8H,9H2,1H3. The highest BCUT2D eigenvalue weighted by Gasteiger charge is 2.62. The third-order valence-electron chi connectivity index (χ3n) is 2.42. The molecular formula is C13H12F5NO. The van der Waals surface area contributed by atoms with Crippen molar-refractivity contribution in [2.45, 2.75) is 18.6 Å². The van der Waals surface area contributed by atoms with Crippen LogP contribution in [0.2, 0.25) is 0 Å². The van der Waals surface area contributed by atoms with Crippen LogP contribution in [-0.2, 0) is 11.3 Å². The minimum Gasteiger partial charge on any atom is -0.376 e. The highest BCUT2D eigenvalue weighted by molar-refractivity contribution is 5.96. The Morgan fingerprint density at radius 3 is 2.20 bits per heavy atom. The number of alkyl halides is 5. The SMILES string of the molecule is CN(C=CC(=O)C(F)(F)C(F)(F)F)Cc1ccccc1. The first-order chi connectivity index (χ1) is 9.14. The van der Waals surface area contributed by atoms with Crippen molar-refractivity contribution in [2.24, 2.45) is 0 Å². The highest BCUT2D eigenvalue weighted by Crippen LogP contribution is 2.36. The van der Waals surface area contributed by atoms with Gasteiger partial charge in [0.05, 0.1) is 0 Å². The van der Waals surface area contributed by atoms with Crippen LogP contribution in [0.4, 0.5) is 22.0 Å². The second-order valence-electron chi connectivity index (χ2n) is 4.15. The Balaban J connectivity index is 2.66. The topological polar surface area (TPSA) is 20.3 Å². The summed E-state index contributed by atoms with van der Waals surface area (Å²) in [6.07, 6.45) is -4.75. The molecule has 110 valence electrons. The van der Waals surface area contributed by atoms with Gasteiger partial charge < -0.3 is 4.90 Å². The molecule has 20 heavy (non-hydrogen) atoms. The van der Waals surface area contributed by atoms with Gasteiger partial charge >= 0.3 is 12.1 Å². The van der Waals surface area contributed by atoms with Crippen LogP contribution in [0.15, 0.2) is 42.6 Å². The Hall–Kier alpha value is -1.92. The number of rotatable bonds is 5. The molecule has 0 spiro atoms. The van der Waals surface area contributed by atoms with Crippen molar-refractivity contribution in [3.63, 3.8) is 0 Å². The number of hydrogen-bond acceptors (Lipinski definition) is 2. The van der Waals surface area contributed by atoms with Gasteiger partial charge in [-0.25, -0.2) is 0 Å². The minimum atomic E-state index is -5.88. The third kappa shape index (κ3) is 4.04. The lowest BCUT2D eigenvalue weighted by Crippen LogP contribution is -2.43. The fraction of sp³-hybridized carbons (Fsp3) is 0.308. The van der Waals surface area contributed by atoms with E-state index in [2.05, 4.69) is 0 Å². The average molecular weight is 293 g/mol. The van der Waals surface area contributed by atoms with E-state index in [9.17, 15) is 26.7 Å². The van der Waals surface area contributed by atoms with Crippen LogP contribution in [0.5, 0.6) is 0 Å². The Bertz CT molecular complexity index is 481. The smallest absolute Gasteiger partial charge is 0.376 e. The van der Waals surface area contributed by atoms with Gasteiger partial charge in [0.25, 0.3) is 0 Å². The molecule has 0 aliphatic carbocycles. The van der Waals surface area contributed by atoms with Crippen molar-refractivity contribution in [1.29, 1.82) is 0 Å². The van der Waals surface area contributed by atoms with Crippen molar-refractivity contribution >= 4 is 5.78 Å². The lowest BCUT2D eigenvalue weighted by molar-refractivity contribution is -0.266. The zero-order valence-corrected chi connectivity index (χ0v) is 10.5. The molecule has 0 amide bonds. The van der Waals surface area contributed by atoms with Crippen molar-refractivity contribution in [3.05, 3.63) is 48.2 Å². The molecule has 0 fully saturated rings. The van der Waals surface area contributed by atoms with E-state index in [4.69, 9.17) is 0 Å². The van der Waals surface area contributed by atoms with Gasteiger partial charge in [0.2, 0.25) is 5.78 Å². The summed E-state index contributed by atoms with van der Waals surface area (Å²) >= 11 is 0. The van der Waals surface area contributed by atoms with E-state index >= 15 is 0 Å². The van der Waals surface area contributed by atoms with E-state index in [1.165, 1.54) is 11.9 Å². The van der Waals surface area contributed by atoms with Crippen LogP contribution in [-0.4, -0.2) is 29.8 Å². The van der Waals surface area contributed by atoms with E-state index < -0.39 is 17.9 Å². The molecule has 1 aromatic rings. The third-order valence-corrected chi connectivity index (χ3v) is 2.42. The summed E-state index contributed by atoms with van der Waals surface area (Å²) in [7, 11) is 1.46. The van der Waals surface area contributed by atoms with Crippen molar-refractivity contribution < 1.29 is 26.7 Å². The zero-order chi connectivity index (χ0) is 15.4. The number of benzene rings is 1. The lowest BCUT2D eigenvalue weighted by atomic mass is 10.2. The van der Waals surface area contributed by atoms with Crippen molar-refractivity contribution in [1.82, 2.24) is 4.90 Å². The molecule has 0 bridgehead atoms. The number of halogens is 5. The monoisotopic (exact) mass is 293 g/mol. The molecule has 0 saturated heterocycles. The predicted octanol–water partition coefficient (Wildman–Crippen LogP) is 3.40. The van der Waals surface area contributed by atoms with Gasteiger partial charge in [0.1, 0.15) is 0 Å². The summed E-state index contributed by atoms with van der Waals surface area (Å²) in [5.41, 5.74) is 0.828. The summed E-state index contributed by atoms with van der Waals surface area (Å²) in [5, 5.41) is 0. The summed E-state index contributed by atoms with van der Waals surface area (Å²) in [4.78, 5) is 12.2. The van der Waals surface area contributed by atoms with E-state index in [-0.39, 0.29) is 12.6 Å². The average Bonchev–Trinajstić information content (AvgIpc) is 2.35. The maximum atomic E-state index is 12.7. The molecule has 0 N–H and O–H groups in total. The molecule has 0 unspecified atom stereocenters. The maximum Gasteiger partial charge on any atom is 0.461 e. The predicted molar refractivity (Wildman–Crippen MR) is 63.1 cm³/mol. The molecule has 2 nitrogen and oxygen atoms in total. The van der Waals surface area contributed by atoms with E-state index in [1.807, 2.05) is 0 Å². The Kier molecular flexibility index (Phi) is 4.86. The van der Waals surface area contributed by atoms with Crippen LogP contribution in [0.3, 0.4) is 0 Å². The van der Waals surface area contributed by atoms with Crippen LogP contribution >= 0.6 is 0 Å². The molecule has 0 atom stereocenters. The van der Waals surface area contributed by atoms with Gasteiger partial charge in [0.15, 0.2) is 0 Å². The molecule has 0 aromatic heterocycles. The number of ketones is 1. The first-order valence-corrected chi connectivity index (χ1v) is 5.56. The summed E-state index contributed by atoms with van der Waals surface area (Å²) in [6.45, 7) is 0.280. The van der Waals surface area contributed by atoms with Gasteiger partial charge in [-0.05, 0) is 5.56 Å². The molecule has 0 aliphatic rings. The fourth-order valence-corrected chi connectivity index (χ4v) is 1.36.